The van der Waals surface area contributed by atoms with Crippen LogP contribution in [0.15, 0.2) is 42.5 Å². The van der Waals surface area contributed by atoms with Crippen LogP contribution >= 0.6 is 0 Å². The number of benzene rings is 2. The summed E-state index contributed by atoms with van der Waals surface area (Å²) in [6, 6.07) is 13.8. The maximum absolute atomic E-state index is 12.3. The number of aromatic nitrogens is 1. The third kappa shape index (κ3) is 3.46. The molecule has 0 radical (unpaired) electrons. The van der Waals surface area contributed by atoms with Crippen molar-refractivity contribution in [2.45, 2.75) is 38.6 Å². The number of nitrogens with zero attached hydrogens (tertiary/aromatic N) is 1. The quantitative estimate of drug-likeness (QED) is 0.532. The smallest absolute Gasteiger partial charge is 0.308 e. The summed E-state index contributed by atoms with van der Waals surface area (Å²) in [4.78, 5) is 24.0. The van der Waals surface area contributed by atoms with Gasteiger partial charge in [-0.2, -0.15) is 0 Å². The highest BCUT2D eigenvalue weighted by Gasteiger charge is 2.33. The summed E-state index contributed by atoms with van der Waals surface area (Å²) in [5.41, 5.74) is 9.74. The number of hydrogen-bond donors (Lipinski definition) is 1. The number of carbonyl (C=O) groups is 2. The molecule has 1 aliphatic rings. The summed E-state index contributed by atoms with van der Waals surface area (Å²) < 4.78 is 13.2. The molecular weight excluding hydrogens is 368 g/mol. The van der Waals surface area contributed by atoms with Gasteiger partial charge in [-0.3, -0.25) is 9.59 Å². The third-order valence-electron chi connectivity index (χ3n) is 5.52. The van der Waals surface area contributed by atoms with Gasteiger partial charge in [0.2, 0.25) is 5.91 Å². The Morgan fingerprint density at radius 2 is 1.97 bits per heavy atom. The predicted molar refractivity (Wildman–Crippen MR) is 110 cm³/mol. The molecule has 0 spiro atoms. The Labute approximate surface area is 169 Å². The van der Waals surface area contributed by atoms with Crippen LogP contribution < -0.4 is 15.2 Å². The molecular formula is C23H24N2O4. The van der Waals surface area contributed by atoms with E-state index < -0.39 is 11.9 Å². The summed E-state index contributed by atoms with van der Waals surface area (Å²) in [6.07, 6.45) is 2.41. The first-order valence-corrected chi connectivity index (χ1v) is 9.74. The summed E-state index contributed by atoms with van der Waals surface area (Å²) >= 11 is 0. The van der Waals surface area contributed by atoms with Crippen LogP contribution in [0.5, 0.6) is 11.5 Å². The molecule has 0 saturated heterocycles. The number of fused-ring (bicyclic) bond motifs is 3. The topological polar surface area (TPSA) is 83.6 Å². The van der Waals surface area contributed by atoms with Gasteiger partial charge < -0.3 is 19.8 Å². The van der Waals surface area contributed by atoms with Crippen LogP contribution in [-0.2, 0) is 22.6 Å². The highest BCUT2D eigenvalue weighted by atomic mass is 16.5. The minimum absolute atomic E-state index is 0.352. The fourth-order valence-corrected chi connectivity index (χ4v) is 4.34. The van der Waals surface area contributed by atoms with E-state index in [1.165, 1.54) is 6.92 Å². The fourth-order valence-electron chi connectivity index (χ4n) is 4.34. The molecule has 1 amide bonds. The molecule has 6 nitrogen and oxygen atoms in total. The van der Waals surface area contributed by atoms with Gasteiger partial charge in [0.05, 0.1) is 18.5 Å². The lowest BCUT2D eigenvalue weighted by molar-refractivity contribution is -0.131. The Bertz CT molecular complexity index is 1090. The van der Waals surface area contributed by atoms with E-state index in [1.807, 2.05) is 24.3 Å². The van der Waals surface area contributed by atoms with Crippen LogP contribution in [-0.4, -0.2) is 23.6 Å². The van der Waals surface area contributed by atoms with Crippen molar-refractivity contribution in [3.8, 4) is 11.5 Å². The SMILES string of the molecule is COc1cc(OC(C)=O)c2c3c(n(Cc4ccccc4)c2c1)CCCC3C(N)=O. The van der Waals surface area contributed by atoms with E-state index in [9.17, 15) is 9.59 Å². The highest BCUT2D eigenvalue weighted by molar-refractivity contribution is 5.99. The molecule has 1 heterocycles. The maximum atomic E-state index is 12.3. The van der Waals surface area contributed by atoms with Crippen molar-refractivity contribution in [3.05, 3.63) is 59.3 Å². The van der Waals surface area contributed by atoms with Crippen LogP contribution in [0.3, 0.4) is 0 Å². The minimum Gasteiger partial charge on any atom is -0.497 e. The van der Waals surface area contributed by atoms with Crippen LogP contribution in [0.4, 0.5) is 0 Å². The first-order valence-electron chi connectivity index (χ1n) is 9.74. The molecule has 0 bridgehead atoms. The molecule has 0 aliphatic heterocycles. The van der Waals surface area contributed by atoms with Crippen LogP contribution in [0, 0.1) is 0 Å². The number of amides is 1. The molecule has 1 aliphatic carbocycles. The Morgan fingerprint density at radius 3 is 2.62 bits per heavy atom. The first kappa shape index (κ1) is 19.1. The number of nitrogens with two attached hydrogens (primary N) is 1. The molecule has 2 aromatic carbocycles. The number of ether oxygens (including phenoxy) is 2. The maximum Gasteiger partial charge on any atom is 0.308 e. The Balaban J connectivity index is 2.03. The molecule has 2 N–H and O–H groups in total. The number of primary amides is 1. The lowest BCUT2D eigenvalue weighted by atomic mass is 9.84. The summed E-state index contributed by atoms with van der Waals surface area (Å²) in [6.45, 7) is 2.01. The molecule has 1 atom stereocenters. The standard InChI is InChI=1S/C23H24N2O4/c1-14(26)29-20-12-16(28-2)11-19-22(20)21-17(23(24)27)9-6-10-18(21)25(19)13-15-7-4-3-5-8-15/h3-5,7-8,11-12,17H,6,9-10,13H2,1-2H3,(H2,24,27). The van der Waals surface area contributed by atoms with Crippen LogP contribution in [0.2, 0.25) is 0 Å². The predicted octanol–water partition coefficient (Wildman–Crippen LogP) is 3.53. The lowest BCUT2D eigenvalue weighted by Gasteiger charge is -2.22. The third-order valence-corrected chi connectivity index (χ3v) is 5.52. The summed E-state index contributed by atoms with van der Waals surface area (Å²) in [7, 11) is 1.58. The average Bonchev–Trinajstić information content (AvgIpc) is 3.02. The van der Waals surface area contributed by atoms with Gasteiger partial charge in [0.15, 0.2) is 0 Å². The molecule has 29 heavy (non-hydrogen) atoms. The Morgan fingerprint density at radius 1 is 1.21 bits per heavy atom. The van der Waals surface area contributed by atoms with Gasteiger partial charge in [-0.1, -0.05) is 30.3 Å². The number of hydrogen-bond acceptors (Lipinski definition) is 4. The Hall–Kier alpha value is -3.28. The number of carbonyl (C=O) groups excluding carboxylic acids is 2. The molecule has 0 saturated carbocycles. The number of rotatable bonds is 5. The highest BCUT2D eigenvalue weighted by Crippen LogP contribution is 2.45. The zero-order chi connectivity index (χ0) is 20.5. The van der Waals surface area contributed by atoms with E-state index in [2.05, 4.69) is 16.7 Å². The van der Waals surface area contributed by atoms with Crippen molar-refractivity contribution in [2.24, 2.45) is 5.73 Å². The monoisotopic (exact) mass is 392 g/mol. The van der Waals surface area contributed by atoms with Gasteiger partial charge in [0, 0.05) is 36.7 Å². The zero-order valence-electron chi connectivity index (χ0n) is 16.6. The molecule has 3 aromatic rings. The lowest BCUT2D eigenvalue weighted by Crippen LogP contribution is -2.25. The van der Waals surface area contributed by atoms with Gasteiger partial charge in [0.1, 0.15) is 11.5 Å². The van der Waals surface area contributed by atoms with Crippen molar-refractivity contribution in [1.29, 1.82) is 0 Å². The van der Waals surface area contributed by atoms with Gasteiger partial charge in [-0.15, -0.1) is 0 Å². The van der Waals surface area contributed by atoms with Crippen molar-refractivity contribution in [3.63, 3.8) is 0 Å². The van der Waals surface area contributed by atoms with Crippen molar-refractivity contribution >= 4 is 22.8 Å². The van der Waals surface area contributed by atoms with Crippen LogP contribution in [0.1, 0.15) is 42.5 Å². The van der Waals surface area contributed by atoms with Gasteiger partial charge in [0.25, 0.3) is 0 Å². The second kappa shape index (κ2) is 7.62. The van der Waals surface area contributed by atoms with Gasteiger partial charge >= 0.3 is 5.97 Å². The van der Waals surface area contributed by atoms with E-state index in [1.54, 1.807) is 13.2 Å². The summed E-state index contributed by atoms with van der Waals surface area (Å²) in [5.74, 6) is -0.178. The molecule has 1 unspecified atom stereocenters. The van der Waals surface area contributed by atoms with Crippen molar-refractivity contribution in [1.82, 2.24) is 4.57 Å². The fraction of sp³-hybridized carbons (Fsp3) is 0.304. The van der Waals surface area contributed by atoms with Gasteiger partial charge in [-0.25, -0.2) is 0 Å². The van der Waals surface area contributed by atoms with Crippen molar-refractivity contribution in [2.75, 3.05) is 7.11 Å². The average molecular weight is 392 g/mol. The molecule has 6 heteroatoms. The van der Waals surface area contributed by atoms with E-state index >= 15 is 0 Å². The van der Waals surface area contributed by atoms with E-state index in [0.717, 1.165) is 40.6 Å². The second-order valence-corrected chi connectivity index (χ2v) is 7.39. The van der Waals surface area contributed by atoms with Crippen molar-refractivity contribution < 1.29 is 19.1 Å². The van der Waals surface area contributed by atoms with Gasteiger partial charge in [-0.05, 0) is 30.4 Å². The van der Waals surface area contributed by atoms with E-state index in [0.29, 0.717) is 24.5 Å². The largest absolute Gasteiger partial charge is 0.497 e. The first-order chi connectivity index (χ1) is 14.0. The molecule has 0 fully saturated rings. The minimum atomic E-state index is -0.421. The summed E-state index contributed by atoms with van der Waals surface area (Å²) in [5, 5.41) is 0.774. The zero-order valence-corrected chi connectivity index (χ0v) is 16.6. The molecule has 150 valence electrons. The van der Waals surface area contributed by atoms with E-state index in [-0.39, 0.29) is 5.91 Å². The normalized spacial score (nSPS) is 15.7. The Kier molecular flexibility index (Phi) is 5.01. The van der Waals surface area contributed by atoms with Crippen LogP contribution in [0.25, 0.3) is 10.9 Å². The number of methoxy groups -OCH3 is 1. The van der Waals surface area contributed by atoms with E-state index in [4.69, 9.17) is 15.2 Å². The molecule has 4 rings (SSSR count). The number of esters is 1. The second-order valence-electron chi connectivity index (χ2n) is 7.39. The molecule has 1 aromatic heterocycles.